The number of hydrogen-bond donors (Lipinski definition) is 2. The molecule has 19 heavy (non-hydrogen) atoms. The maximum Gasteiger partial charge on any atom is 0.423 e. The number of nitrogens with one attached hydrogen (secondary N) is 1. The van der Waals surface area contributed by atoms with Crippen LogP contribution in [0, 0.1) is 0 Å². The summed E-state index contributed by atoms with van der Waals surface area (Å²) in [6.45, 7) is 0.113. The minimum Gasteiger partial charge on any atom is -0.480 e. The van der Waals surface area contributed by atoms with Gasteiger partial charge in [-0.25, -0.2) is 0 Å². The third-order valence-corrected chi connectivity index (χ3v) is 2.50. The second-order valence-electron chi connectivity index (χ2n) is 3.97. The molecular weight excluding hydrogens is 284 g/mol. The van der Waals surface area contributed by atoms with Crippen molar-refractivity contribution in [3.05, 3.63) is 0 Å². The second kappa shape index (κ2) is 5.95. The van der Waals surface area contributed by atoms with Gasteiger partial charge in [0.1, 0.15) is 5.54 Å². The third-order valence-electron chi connectivity index (χ3n) is 2.50. The Morgan fingerprint density at radius 2 is 1.63 bits per heavy atom. The van der Waals surface area contributed by atoms with Crippen molar-refractivity contribution in [2.24, 2.45) is 0 Å². The molecule has 0 aromatic heterocycles. The minimum atomic E-state index is -5.60. The van der Waals surface area contributed by atoms with Crippen LogP contribution >= 0.6 is 0 Å². The maximum atomic E-state index is 12.1. The van der Waals surface area contributed by atoms with Crippen LogP contribution in [0.25, 0.3) is 0 Å². The molecule has 10 heteroatoms. The molecule has 0 aromatic carbocycles. The molecule has 0 heterocycles. The van der Waals surface area contributed by atoms with Gasteiger partial charge in [0, 0.05) is 0 Å². The van der Waals surface area contributed by atoms with Crippen molar-refractivity contribution in [1.29, 1.82) is 0 Å². The number of halogens is 6. The first-order valence-corrected chi connectivity index (χ1v) is 5.02. The lowest BCUT2D eigenvalue weighted by atomic mass is 9.99. The van der Waals surface area contributed by atoms with Crippen molar-refractivity contribution in [3.63, 3.8) is 0 Å². The fraction of sp³-hybridized carbons (Fsp3) is 0.889. The lowest BCUT2D eigenvalue weighted by Gasteiger charge is -2.27. The Kier molecular flexibility index (Phi) is 5.63. The van der Waals surface area contributed by atoms with Crippen LogP contribution < -0.4 is 5.32 Å². The molecular formula is C9H13F6NO3. The number of likely N-dealkylation sites (N-methyl/N-ethyl adjacent to an activating group) is 1. The molecule has 0 aromatic rings. The van der Waals surface area contributed by atoms with Gasteiger partial charge < -0.3 is 15.2 Å². The maximum absolute atomic E-state index is 12.1. The highest BCUT2D eigenvalue weighted by Gasteiger charge is 2.58. The molecule has 0 saturated carbocycles. The highest BCUT2D eigenvalue weighted by atomic mass is 19.4. The van der Waals surface area contributed by atoms with E-state index in [1.54, 1.807) is 0 Å². The van der Waals surface area contributed by atoms with Gasteiger partial charge in [-0.2, -0.15) is 26.3 Å². The van der Waals surface area contributed by atoms with E-state index in [0.29, 0.717) is 0 Å². The van der Waals surface area contributed by atoms with Gasteiger partial charge in [0.05, 0.1) is 6.61 Å². The first-order valence-electron chi connectivity index (χ1n) is 5.02. The molecule has 114 valence electrons. The summed E-state index contributed by atoms with van der Waals surface area (Å²) in [6.07, 6.45) is -15.7. The molecule has 0 aliphatic carbocycles. The molecule has 1 unspecified atom stereocenters. The molecule has 0 spiro atoms. The Labute approximate surface area is 104 Å². The number of carboxylic acid groups (broad SMARTS) is 1. The number of hydrogen-bond acceptors (Lipinski definition) is 3. The van der Waals surface area contributed by atoms with Gasteiger partial charge in [0.2, 0.25) is 6.10 Å². The summed E-state index contributed by atoms with van der Waals surface area (Å²) in [5.41, 5.74) is -1.66. The molecule has 4 nitrogen and oxygen atoms in total. The van der Waals surface area contributed by atoms with E-state index in [-0.39, 0.29) is 0 Å². The smallest absolute Gasteiger partial charge is 0.423 e. The third kappa shape index (κ3) is 5.23. The summed E-state index contributed by atoms with van der Waals surface area (Å²) in [6, 6.07) is 0. The average Bonchev–Trinajstić information content (AvgIpc) is 2.20. The fourth-order valence-corrected chi connectivity index (χ4v) is 1.09. The number of alkyl halides is 6. The van der Waals surface area contributed by atoms with Gasteiger partial charge in [-0.3, -0.25) is 4.79 Å². The molecule has 0 radical (unpaired) electrons. The van der Waals surface area contributed by atoms with Crippen LogP contribution in [0.1, 0.15) is 13.3 Å². The van der Waals surface area contributed by atoms with Crippen molar-refractivity contribution in [2.75, 3.05) is 13.7 Å². The molecule has 0 aliphatic heterocycles. The van der Waals surface area contributed by atoms with Gasteiger partial charge in [-0.15, -0.1) is 0 Å². The number of carbonyl (C=O) groups is 1. The molecule has 0 aliphatic rings. The first-order chi connectivity index (χ1) is 8.34. The van der Waals surface area contributed by atoms with Crippen LogP contribution in [0.15, 0.2) is 0 Å². The highest BCUT2D eigenvalue weighted by Crippen LogP contribution is 2.35. The van der Waals surface area contributed by atoms with Crippen LogP contribution in [0.5, 0.6) is 0 Å². The van der Waals surface area contributed by atoms with Crippen molar-refractivity contribution in [1.82, 2.24) is 5.32 Å². The van der Waals surface area contributed by atoms with Gasteiger partial charge in [0.25, 0.3) is 0 Å². The zero-order valence-corrected chi connectivity index (χ0v) is 10.0. The fourth-order valence-electron chi connectivity index (χ4n) is 1.09. The van der Waals surface area contributed by atoms with Crippen LogP contribution in [-0.2, 0) is 9.53 Å². The molecule has 0 rings (SSSR count). The molecule has 1 atom stereocenters. The zero-order valence-electron chi connectivity index (χ0n) is 10.0. The zero-order chi connectivity index (χ0) is 15.5. The number of ether oxygens (including phenoxy) is 1. The molecule has 0 bridgehead atoms. The Balaban J connectivity index is 4.65. The normalized spacial score (nSPS) is 16.5. The first kappa shape index (κ1) is 18.0. The van der Waals surface area contributed by atoms with Crippen molar-refractivity contribution in [3.8, 4) is 0 Å². The summed E-state index contributed by atoms with van der Waals surface area (Å²) >= 11 is 0. The monoisotopic (exact) mass is 297 g/mol. The summed E-state index contributed by atoms with van der Waals surface area (Å²) in [5.74, 6) is -1.41. The lowest BCUT2D eigenvalue weighted by Crippen LogP contribution is -2.50. The molecule has 0 amide bonds. The summed E-state index contributed by atoms with van der Waals surface area (Å²) in [5, 5.41) is 11.0. The number of rotatable bonds is 6. The van der Waals surface area contributed by atoms with Crippen LogP contribution in [0.2, 0.25) is 0 Å². The van der Waals surface area contributed by atoms with E-state index in [9.17, 15) is 31.1 Å². The van der Waals surface area contributed by atoms with Crippen LogP contribution in [-0.4, -0.2) is 48.7 Å². The van der Waals surface area contributed by atoms with E-state index in [0.717, 1.165) is 6.92 Å². The van der Waals surface area contributed by atoms with Crippen molar-refractivity contribution >= 4 is 5.97 Å². The Morgan fingerprint density at radius 3 is 1.89 bits per heavy atom. The Bertz CT molecular complexity index is 302. The van der Waals surface area contributed by atoms with Crippen LogP contribution in [0.3, 0.4) is 0 Å². The topological polar surface area (TPSA) is 58.6 Å². The lowest BCUT2D eigenvalue weighted by molar-refractivity contribution is -0.322. The molecule has 2 N–H and O–H groups in total. The molecule has 0 fully saturated rings. The Hall–Kier alpha value is -1.03. The standard InChI is InChI=1S/C9H13F6NO3/c1-7(16-2,6(17)18)3-4-19-5(8(10,11)12)9(13,14)15/h5,16H,3-4H2,1-2H3,(H,17,18). The average molecular weight is 297 g/mol. The van der Waals surface area contributed by atoms with E-state index in [1.807, 2.05) is 0 Å². The summed E-state index contributed by atoms with van der Waals surface area (Å²) in [7, 11) is 1.22. The number of aliphatic carboxylic acids is 1. The van der Waals surface area contributed by atoms with E-state index in [4.69, 9.17) is 5.11 Å². The summed E-state index contributed by atoms with van der Waals surface area (Å²) < 4.78 is 76.4. The predicted octanol–water partition coefficient (Wildman–Crippen LogP) is 1.95. The highest BCUT2D eigenvalue weighted by molar-refractivity contribution is 5.78. The largest absolute Gasteiger partial charge is 0.480 e. The Morgan fingerprint density at radius 1 is 1.21 bits per heavy atom. The van der Waals surface area contributed by atoms with Crippen molar-refractivity contribution in [2.45, 2.75) is 37.3 Å². The van der Waals surface area contributed by atoms with Crippen molar-refractivity contribution < 1.29 is 41.0 Å². The van der Waals surface area contributed by atoms with Gasteiger partial charge in [0.15, 0.2) is 0 Å². The SMILES string of the molecule is CNC(C)(CCOC(C(F)(F)F)C(F)(F)F)C(=O)O. The number of carboxylic acids is 1. The minimum absolute atomic E-state index is 0.554. The van der Waals surface area contributed by atoms with E-state index >= 15 is 0 Å². The van der Waals surface area contributed by atoms with E-state index < -0.39 is 43.0 Å². The van der Waals surface area contributed by atoms with Crippen LogP contribution in [0.4, 0.5) is 26.3 Å². The second-order valence-corrected chi connectivity index (χ2v) is 3.97. The van der Waals surface area contributed by atoms with Gasteiger partial charge in [-0.05, 0) is 20.4 Å². The molecule has 0 saturated heterocycles. The van der Waals surface area contributed by atoms with E-state index in [2.05, 4.69) is 10.1 Å². The summed E-state index contributed by atoms with van der Waals surface area (Å²) in [4.78, 5) is 10.8. The van der Waals surface area contributed by atoms with Gasteiger partial charge >= 0.3 is 18.3 Å². The van der Waals surface area contributed by atoms with Gasteiger partial charge in [-0.1, -0.05) is 0 Å². The van der Waals surface area contributed by atoms with E-state index in [1.165, 1.54) is 7.05 Å². The quantitative estimate of drug-likeness (QED) is 0.736. The predicted molar refractivity (Wildman–Crippen MR) is 51.6 cm³/mol.